The molecule has 2 heteroatoms. The second kappa shape index (κ2) is 5.81. The number of hydrogen-bond donors (Lipinski definition) is 0. The van der Waals surface area contributed by atoms with E-state index < -0.39 is 0 Å². The van der Waals surface area contributed by atoms with Crippen LogP contribution in [0.2, 0.25) is 0 Å². The highest BCUT2D eigenvalue weighted by Gasteiger charge is 1.97. The Morgan fingerprint density at radius 1 is 1.33 bits per heavy atom. The van der Waals surface area contributed by atoms with Gasteiger partial charge in [-0.3, -0.25) is 0 Å². The summed E-state index contributed by atoms with van der Waals surface area (Å²) in [6.07, 6.45) is 1.92. The summed E-state index contributed by atoms with van der Waals surface area (Å²) in [4.78, 5) is 0. The molecule has 1 heterocycles. The molecule has 0 N–H and O–H groups in total. The number of halogens is 1. The van der Waals surface area contributed by atoms with Gasteiger partial charge in [-0.15, -0.1) is 0 Å². The Balaban J connectivity index is 0.000000561. The van der Waals surface area contributed by atoms with Gasteiger partial charge in [0, 0.05) is 11.9 Å². The van der Waals surface area contributed by atoms with E-state index in [4.69, 9.17) is 0 Å². The molecule has 0 saturated carbocycles. The van der Waals surface area contributed by atoms with Gasteiger partial charge in [0.05, 0.1) is 6.54 Å². The van der Waals surface area contributed by atoms with Crippen molar-refractivity contribution in [1.29, 1.82) is 0 Å². The maximum absolute atomic E-state index is 11.8. The largest absolute Gasteiger partial charge is 0.349 e. The lowest BCUT2D eigenvalue weighted by atomic mass is 10.3. The smallest absolute Gasteiger partial charge is 0.107 e. The van der Waals surface area contributed by atoms with E-state index >= 15 is 0 Å². The van der Waals surface area contributed by atoms with Crippen molar-refractivity contribution in [3.63, 3.8) is 0 Å². The molecule has 0 unspecified atom stereocenters. The second-order valence-corrected chi connectivity index (χ2v) is 2.47. The van der Waals surface area contributed by atoms with Gasteiger partial charge in [0.15, 0.2) is 0 Å². The highest BCUT2D eigenvalue weighted by molar-refractivity contribution is 5.18. The summed E-state index contributed by atoms with van der Waals surface area (Å²) < 4.78 is 13.8. The molecule has 1 nitrogen and oxygen atoms in total. The zero-order valence-corrected chi connectivity index (χ0v) is 8.39. The van der Waals surface area contributed by atoms with E-state index in [0.717, 1.165) is 5.69 Å². The summed E-state index contributed by atoms with van der Waals surface area (Å²) in [5, 5.41) is 0. The van der Waals surface area contributed by atoms with Gasteiger partial charge in [0.1, 0.15) is 6.67 Å². The van der Waals surface area contributed by atoms with E-state index in [2.05, 4.69) is 0 Å². The minimum absolute atomic E-state index is 0.283. The molecule has 1 rings (SSSR count). The Morgan fingerprint density at radius 2 is 1.92 bits per heavy atom. The number of rotatable bonds is 2. The van der Waals surface area contributed by atoms with Gasteiger partial charge in [0.2, 0.25) is 0 Å². The quantitative estimate of drug-likeness (QED) is 0.644. The highest BCUT2D eigenvalue weighted by Crippen LogP contribution is 2.07. The zero-order valence-electron chi connectivity index (χ0n) is 8.39. The van der Waals surface area contributed by atoms with Gasteiger partial charge in [-0.2, -0.15) is 0 Å². The summed E-state index contributed by atoms with van der Waals surface area (Å²) in [6.45, 7) is 8.24. The van der Waals surface area contributed by atoms with E-state index in [-0.39, 0.29) is 6.67 Å². The monoisotopic (exact) mass is 171 g/mol. The van der Waals surface area contributed by atoms with E-state index in [9.17, 15) is 4.39 Å². The lowest BCUT2D eigenvalue weighted by molar-refractivity contribution is 0.443. The van der Waals surface area contributed by atoms with Crippen molar-refractivity contribution >= 4 is 0 Å². The number of nitrogens with zero attached hydrogens (tertiary/aromatic N) is 1. The first kappa shape index (κ1) is 11.2. The van der Waals surface area contributed by atoms with Gasteiger partial charge in [-0.25, -0.2) is 4.39 Å². The van der Waals surface area contributed by atoms with Crippen LogP contribution in [0.15, 0.2) is 12.3 Å². The van der Waals surface area contributed by atoms with E-state index in [1.807, 2.05) is 44.5 Å². The predicted molar refractivity (Wildman–Crippen MR) is 51.2 cm³/mol. The standard InChI is InChI=1S/C8H12FN.C2H6/c1-7-3-5-10(6-4-9)8(7)2;1-2/h3,5H,4,6H2,1-2H3;1-2H3. The first-order valence-corrected chi connectivity index (χ1v) is 4.44. The average molecular weight is 171 g/mol. The van der Waals surface area contributed by atoms with Crippen LogP contribution in [0.25, 0.3) is 0 Å². The van der Waals surface area contributed by atoms with E-state index in [1.54, 1.807) is 0 Å². The fourth-order valence-corrected chi connectivity index (χ4v) is 0.994. The average Bonchev–Trinajstić information content (AvgIpc) is 2.41. The molecule has 1 aromatic rings. The number of hydrogen-bond acceptors (Lipinski definition) is 0. The summed E-state index contributed by atoms with van der Waals surface area (Å²) >= 11 is 0. The van der Waals surface area contributed by atoms with Crippen LogP contribution in [0.4, 0.5) is 4.39 Å². The molecular weight excluding hydrogens is 153 g/mol. The zero-order chi connectivity index (χ0) is 9.56. The predicted octanol–water partition coefficient (Wildman–Crippen LogP) is 3.10. The van der Waals surface area contributed by atoms with Crippen LogP contribution in [0, 0.1) is 13.8 Å². The fraction of sp³-hybridized carbons (Fsp3) is 0.600. The third kappa shape index (κ3) is 2.68. The number of aryl methyl sites for hydroxylation is 2. The summed E-state index contributed by atoms with van der Waals surface area (Å²) in [5.41, 5.74) is 2.39. The fourth-order valence-electron chi connectivity index (χ4n) is 0.994. The van der Waals surface area contributed by atoms with Crippen LogP contribution in [0.3, 0.4) is 0 Å². The minimum Gasteiger partial charge on any atom is -0.349 e. The molecule has 0 spiro atoms. The van der Waals surface area contributed by atoms with Crippen molar-refractivity contribution in [3.8, 4) is 0 Å². The Kier molecular flexibility index (Phi) is 5.43. The van der Waals surface area contributed by atoms with E-state index in [1.165, 1.54) is 5.56 Å². The third-order valence-corrected chi connectivity index (χ3v) is 1.83. The molecule has 0 radical (unpaired) electrons. The van der Waals surface area contributed by atoms with Gasteiger partial charge in [-0.05, 0) is 25.5 Å². The normalized spacial score (nSPS) is 9.08. The molecular formula is C10H18FN. The molecule has 0 aliphatic rings. The molecule has 0 aliphatic heterocycles. The lowest BCUT2D eigenvalue weighted by Gasteiger charge is -2.01. The first-order chi connectivity index (χ1) is 5.75. The maximum Gasteiger partial charge on any atom is 0.107 e. The Bertz CT molecular complexity index is 216. The van der Waals surface area contributed by atoms with Crippen LogP contribution >= 0.6 is 0 Å². The van der Waals surface area contributed by atoms with Gasteiger partial charge in [0.25, 0.3) is 0 Å². The van der Waals surface area contributed by atoms with Crippen molar-refractivity contribution in [3.05, 3.63) is 23.5 Å². The topological polar surface area (TPSA) is 4.93 Å². The molecule has 1 aromatic heterocycles. The molecule has 0 bridgehead atoms. The van der Waals surface area contributed by atoms with Gasteiger partial charge >= 0.3 is 0 Å². The Hall–Kier alpha value is -0.790. The van der Waals surface area contributed by atoms with Crippen molar-refractivity contribution in [2.24, 2.45) is 0 Å². The second-order valence-electron chi connectivity index (χ2n) is 2.47. The Morgan fingerprint density at radius 3 is 2.25 bits per heavy atom. The summed E-state index contributed by atoms with van der Waals surface area (Å²) in [5.74, 6) is 0. The van der Waals surface area contributed by atoms with Crippen molar-refractivity contribution in [1.82, 2.24) is 4.57 Å². The van der Waals surface area contributed by atoms with Crippen molar-refractivity contribution < 1.29 is 4.39 Å². The van der Waals surface area contributed by atoms with Crippen LogP contribution < -0.4 is 0 Å². The van der Waals surface area contributed by atoms with Gasteiger partial charge in [-0.1, -0.05) is 13.8 Å². The lowest BCUT2D eigenvalue weighted by Crippen LogP contribution is -1.99. The van der Waals surface area contributed by atoms with Crippen molar-refractivity contribution in [2.45, 2.75) is 34.2 Å². The Labute approximate surface area is 74.2 Å². The molecule has 12 heavy (non-hydrogen) atoms. The number of alkyl halides is 1. The summed E-state index contributed by atoms with van der Waals surface area (Å²) in [6, 6.07) is 2.00. The molecule has 0 fully saturated rings. The molecule has 0 amide bonds. The van der Waals surface area contributed by atoms with Gasteiger partial charge < -0.3 is 4.57 Å². The molecule has 0 atom stereocenters. The molecule has 0 aromatic carbocycles. The first-order valence-electron chi connectivity index (χ1n) is 4.44. The highest BCUT2D eigenvalue weighted by atomic mass is 19.1. The molecule has 70 valence electrons. The van der Waals surface area contributed by atoms with Crippen LogP contribution in [-0.2, 0) is 6.54 Å². The maximum atomic E-state index is 11.8. The molecule has 0 aliphatic carbocycles. The van der Waals surface area contributed by atoms with Crippen LogP contribution in [-0.4, -0.2) is 11.2 Å². The van der Waals surface area contributed by atoms with E-state index in [0.29, 0.717) is 6.54 Å². The molecule has 0 saturated heterocycles. The SMILES string of the molecule is CC.Cc1ccn(CCF)c1C. The number of aromatic nitrogens is 1. The van der Waals surface area contributed by atoms with Crippen LogP contribution in [0.5, 0.6) is 0 Å². The van der Waals surface area contributed by atoms with Crippen molar-refractivity contribution in [2.75, 3.05) is 6.67 Å². The van der Waals surface area contributed by atoms with Crippen LogP contribution in [0.1, 0.15) is 25.1 Å². The third-order valence-electron chi connectivity index (χ3n) is 1.83. The summed E-state index contributed by atoms with van der Waals surface area (Å²) in [7, 11) is 0. The minimum atomic E-state index is -0.283.